The van der Waals surface area contributed by atoms with Crippen LogP contribution in [0, 0.1) is 17.8 Å². The van der Waals surface area contributed by atoms with Gasteiger partial charge in [-0.3, -0.25) is 4.79 Å². The third-order valence-corrected chi connectivity index (χ3v) is 7.03. The smallest absolute Gasteiger partial charge is 0.234 e. The van der Waals surface area contributed by atoms with Crippen molar-refractivity contribution in [1.82, 2.24) is 10.6 Å². The van der Waals surface area contributed by atoms with E-state index in [1.165, 1.54) is 44.1 Å². The summed E-state index contributed by atoms with van der Waals surface area (Å²) in [4.78, 5) is 12.6. The molecule has 0 saturated heterocycles. The van der Waals surface area contributed by atoms with Crippen molar-refractivity contribution in [3.63, 3.8) is 0 Å². The minimum Gasteiger partial charge on any atom is -0.454 e. The monoisotopic (exact) mass is 370 g/mol. The number of fused-ring (bicyclic) bond motifs is 1. The van der Waals surface area contributed by atoms with E-state index in [0.717, 1.165) is 35.7 Å². The Morgan fingerprint density at radius 3 is 2.48 bits per heavy atom. The van der Waals surface area contributed by atoms with Gasteiger partial charge in [-0.05, 0) is 87.3 Å². The molecule has 4 saturated carbocycles. The molecule has 0 spiro atoms. The zero-order valence-corrected chi connectivity index (χ0v) is 16.1. The highest BCUT2D eigenvalue weighted by Crippen LogP contribution is 2.55. The molecule has 4 bridgehead atoms. The Morgan fingerprint density at radius 1 is 1.11 bits per heavy atom. The van der Waals surface area contributed by atoms with Crippen LogP contribution < -0.4 is 20.1 Å². The van der Waals surface area contributed by atoms with Crippen LogP contribution in [-0.2, 0) is 11.2 Å². The Morgan fingerprint density at radius 2 is 1.78 bits per heavy atom. The number of amides is 1. The molecule has 5 heteroatoms. The Bertz CT molecular complexity index is 697. The minimum absolute atomic E-state index is 0.105. The Hall–Kier alpha value is -1.75. The first kappa shape index (κ1) is 17.4. The van der Waals surface area contributed by atoms with E-state index in [0.29, 0.717) is 13.3 Å². The molecule has 5 nitrogen and oxygen atoms in total. The summed E-state index contributed by atoms with van der Waals surface area (Å²) in [7, 11) is 0. The van der Waals surface area contributed by atoms with Crippen LogP contribution in [0.15, 0.2) is 18.2 Å². The molecule has 2 N–H and O–H groups in total. The van der Waals surface area contributed by atoms with E-state index >= 15 is 0 Å². The van der Waals surface area contributed by atoms with Gasteiger partial charge in [-0.1, -0.05) is 6.07 Å². The van der Waals surface area contributed by atoms with Gasteiger partial charge in [0.15, 0.2) is 11.5 Å². The highest BCUT2D eigenvalue weighted by Gasteiger charge is 2.51. The van der Waals surface area contributed by atoms with Crippen molar-refractivity contribution in [2.24, 2.45) is 17.8 Å². The Balaban J connectivity index is 1.12. The fraction of sp³-hybridized carbons (Fsp3) is 0.682. The second-order valence-corrected chi connectivity index (χ2v) is 9.42. The molecule has 1 aromatic carbocycles. The van der Waals surface area contributed by atoms with E-state index in [1.54, 1.807) is 0 Å². The first-order valence-electron chi connectivity index (χ1n) is 10.5. The Kier molecular flexibility index (Phi) is 4.30. The number of carbonyl (C=O) groups excluding carboxylic acids is 1. The summed E-state index contributed by atoms with van der Waals surface area (Å²) in [6, 6.07) is 6.30. The van der Waals surface area contributed by atoms with E-state index in [2.05, 4.69) is 23.6 Å². The van der Waals surface area contributed by atoms with Crippen LogP contribution in [0.1, 0.15) is 51.0 Å². The van der Waals surface area contributed by atoms with Gasteiger partial charge < -0.3 is 20.1 Å². The van der Waals surface area contributed by atoms with Gasteiger partial charge in [0.1, 0.15) is 0 Å². The summed E-state index contributed by atoms with van der Waals surface area (Å²) >= 11 is 0. The second kappa shape index (κ2) is 6.69. The summed E-state index contributed by atoms with van der Waals surface area (Å²) in [5, 5.41) is 6.84. The van der Waals surface area contributed by atoms with E-state index in [9.17, 15) is 4.79 Å². The largest absolute Gasteiger partial charge is 0.454 e. The molecule has 6 rings (SSSR count). The van der Waals surface area contributed by atoms with Crippen molar-refractivity contribution in [3.8, 4) is 11.5 Å². The van der Waals surface area contributed by atoms with Crippen molar-refractivity contribution in [3.05, 3.63) is 23.8 Å². The van der Waals surface area contributed by atoms with Gasteiger partial charge in [0.2, 0.25) is 12.7 Å². The molecule has 1 atom stereocenters. The summed E-state index contributed by atoms with van der Waals surface area (Å²) in [5.41, 5.74) is 1.30. The zero-order chi connectivity index (χ0) is 18.4. The van der Waals surface area contributed by atoms with Crippen molar-refractivity contribution < 1.29 is 14.3 Å². The fourth-order valence-corrected chi connectivity index (χ4v) is 6.36. The lowest BCUT2D eigenvalue weighted by molar-refractivity contribution is -0.126. The molecule has 1 amide bonds. The van der Waals surface area contributed by atoms with Crippen molar-refractivity contribution in [2.45, 2.75) is 63.5 Å². The van der Waals surface area contributed by atoms with Crippen LogP contribution in [0.4, 0.5) is 0 Å². The van der Waals surface area contributed by atoms with Crippen LogP contribution in [0.3, 0.4) is 0 Å². The lowest BCUT2D eigenvalue weighted by atomic mass is 9.53. The van der Waals surface area contributed by atoms with E-state index < -0.39 is 0 Å². The first-order chi connectivity index (χ1) is 13.1. The van der Waals surface area contributed by atoms with Crippen LogP contribution >= 0.6 is 0 Å². The molecule has 0 aromatic heterocycles. The van der Waals surface area contributed by atoms with Gasteiger partial charge in [-0.25, -0.2) is 0 Å². The lowest BCUT2D eigenvalue weighted by Gasteiger charge is -2.56. The molecule has 4 aliphatic carbocycles. The zero-order valence-electron chi connectivity index (χ0n) is 16.1. The predicted molar refractivity (Wildman–Crippen MR) is 103 cm³/mol. The van der Waals surface area contributed by atoms with Gasteiger partial charge in [-0.2, -0.15) is 0 Å². The third-order valence-electron chi connectivity index (χ3n) is 7.03. The highest BCUT2D eigenvalue weighted by molar-refractivity contribution is 5.79. The number of hydrogen-bond acceptors (Lipinski definition) is 4. The number of hydrogen-bond donors (Lipinski definition) is 2. The van der Waals surface area contributed by atoms with Crippen LogP contribution in [0.25, 0.3) is 0 Å². The van der Waals surface area contributed by atoms with Crippen molar-refractivity contribution >= 4 is 5.91 Å². The second-order valence-electron chi connectivity index (χ2n) is 9.42. The van der Waals surface area contributed by atoms with Gasteiger partial charge in [0, 0.05) is 11.6 Å². The molecule has 1 aromatic rings. The van der Waals surface area contributed by atoms with Crippen LogP contribution in [0.5, 0.6) is 11.5 Å². The first-order valence-corrected chi connectivity index (χ1v) is 10.5. The van der Waals surface area contributed by atoms with Crippen molar-refractivity contribution in [2.75, 3.05) is 13.3 Å². The van der Waals surface area contributed by atoms with Gasteiger partial charge in [0.05, 0.1) is 6.54 Å². The molecule has 0 unspecified atom stereocenters. The standard InChI is InChI=1S/C22H30N2O3/c1-14(4-15-2-3-19-20(8-15)27-13-26-19)23-12-21(25)24-22-9-16-5-17(10-22)7-18(6-16)11-22/h2-3,8,14,16-18,23H,4-7,9-13H2,1H3,(H,24,25)/t14-,16?,17?,18?,22?/m0/s1. The lowest BCUT2D eigenvalue weighted by Crippen LogP contribution is -2.61. The summed E-state index contributed by atoms with van der Waals surface area (Å²) in [5.74, 6) is 4.36. The van der Waals surface area contributed by atoms with E-state index in [-0.39, 0.29) is 17.5 Å². The number of benzene rings is 1. The van der Waals surface area contributed by atoms with Gasteiger partial charge in [-0.15, -0.1) is 0 Å². The maximum absolute atomic E-state index is 12.6. The third kappa shape index (κ3) is 3.54. The molecule has 5 aliphatic rings. The Labute approximate surface area is 161 Å². The maximum Gasteiger partial charge on any atom is 0.234 e. The average Bonchev–Trinajstić information content (AvgIpc) is 3.06. The molecule has 27 heavy (non-hydrogen) atoms. The molecule has 1 aliphatic heterocycles. The van der Waals surface area contributed by atoms with Crippen LogP contribution in [0.2, 0.25) is 0 Å². The fourth-order valence-electron chi connectivity index (χ4n) is 6.36. The van der Waals surface area contributed by atoms with Crippen LogP contribution in [-0.4, -0.2) is 30.8 Å². The molecule has 146 valence electrons. The summed E-state index contributed by atoms with van der Waals surface area (Å²) in [6.07, 6.45) is 8.69. The highest BCUT2D eigenvalue weighted by atomic mass is 16.7. The van der Waals surface area contributed by atoms with E-state index in [4.69, 9.17) is 9.47 Å². The SMILES string of the molecule is C[C@@H](Cc1ccc2c(c1)OCO2)NCC(=O)NC12CC3CC(CC(C3)C1)C2. The minimum atomic E-state index is 0.105. The number of ether oxygens (including phenoxy) is 2. The summed E-state index contributed by atoms with van der Waals surface area (Å²) < 4.78 is 10.8. The summed E-state index contributed by atoms with van der Waals surface area (Å²) in [6.45, 7) is 2.83. The van der Waals surface area contributed by atoms with Gasteiger partial charge in [0.25, 0.3) is 0 Å². The van der Waals surface area contributed by atoms with Gasteiger partial charge >= 0.3 is 0 Å². The molecule has 4 fully saturated rings. The predicted octanol–water partition coefficient (Wildman–Crippen LogP) is 3.02. The number of rotatable bonds is 6. The molecular weight excluding hydrogens is 340 g/mol. The average molecular weight is 370 g/mol. The molecular formula is C22H30N2O3. The number of carbonyl (C=O) groups is 1. The maximum atomic E-state index is 12.6. The molecule has 0 radical (unpaired) electrons. The number of nitrogens with one attached hydrogen (secondary N) is 2. The van der Waals surface area contributed by atoms with Crippen molar-refractivity contribution in [1.29, 1.82) is 0 Å². The quantitative estimate of drug-likeness (QED) is 0.808. The molecule has 1 heterocycles. The van der Waals surface area contributed by atoms with E-state index in [1.807, 2.05) is 12.1 Å². The normalized spacial score (nSPS) is 33.9. The topological polar surface area (TPSA) is 59.6 Å².